The number of carbonyl (C=O) groups is 1. The fourth-order valence-electron chi connectivity index (χ4n) is 1.43. The van der Waals surface area contributed by atoms with Crippen molar-refractivity contribution < 1.29 is 24.5 Å². The van der Waals surface area contributed by atoms with Crippen LogP contribution >= 0.6 is 23.2 Å². The van der Waals surface area contributed by atoms with Crippen molar-refractivity contribution >= 4 is 29.2 Å². The van der Waals surface area contributed by atoms with E-state index in [-0.39, 0.29) is 22.9 Å². The summed E-state index contributed by atoms with van der Waals surface area (Å²) in [6, 6.07) is 1.69. The van der Waals surface area contributed by atoms with E-state index in [2.05, 4.69) is 0 Å². The van der Waals surface area contributed by atoms with E-state index in [1.165, 1.54) is 0 Å². The standard InChI is InChI=1S/C11H11Cl2FO4/c12-2-1-9(15)10(16)6-3-7(13)5(11(17)18)4-8(6)14/h3-4,9-10,15-16H,1-2H2,(H,17,18). The summed E-state index contributed by atoms with van der Waals surface area (Å²) >= 11 is 11.1. The first-order valence-corrected chi connectivity index (χ1v) is 5.94. The van der Waals surface area contributed by atoms with E-state index in [0.29, 0.717) is 6.07 Å². The van der Waals surface area contributed by atoms with E-state index in [1.54, 1.807) is 0 Å². The van der Waals surface area contributed by atoms with Gasteiger partial charge in [0.2, 0.25) is 0 Å². The van der Waals surface area contributed by atoms with Crippen LogP contribution in [0.3, 0.4) is 0 Å². The summed E-state index contributed by atoms with van der Waals surface area (Å²) < 4.78 is 13.6. The number of aromatic carboxylic acids is 1. The summed E-state index contributed by atoms with van der Waals surface area (Å²) in [5.74, 6) is -2.22. The summed E-state index contributed by atoms with van der Waals surface area (Å²) in [4.78, 5) is 10.7. The van der Waals surface area contributed by atoms with Gasteiger partial charge in [0, 0.05) is 11.4 Å². The van der Waals surface area contributed by atoms with Gasteiger partial charge < -0.3 is 15.3 Å². The third kappa shape index (κ3) is 3.32. The van der Waals surface area contributed by atoms with Gasteiger partial charge in [-0.15, -0.1) is 11.6 Å². The molecule has 1 rings (SSSR count). The van der Waals surface area contributed by atoms with Gasteiger partial charge in [-0.1, -0.05) is 11.6 Å². The zero-order chi connectivity index (χ0) is 13.9. The third-order valence-electron chi connectivity index (χ3n) is 2.40. The fourth-order valence-corrected chi connectivity index (χ4v) is 1.91. The normalized spacial score (nSPS) is 14.3. The highest BCUT2D eigenvalue weighted by molar-refractivity contribution is 6.33. The van der Waals surface area contributed by atoms with Gasteiger partial charge in [0.1, 0.15) is 11.9 Å². The van der Waals surface area contributed by atoms with E-state index < -0.39 is 29.6 Å². The Balaban J connectivity index is 3.11. The van der Waals surface area contributed by atoms with Gasteiger partial charge in [-0.05, 0) is 18.6 Å². The first-order valence-electron chi connectivity index (χ1n) is 5.02. The highest BCUT2D eigenvalue weighted by Crippen LogP contribution is 2.28. The van der Waals surface area contributed by atoms with Crippen LogP contribution in [0.2, 0.25) is 5.02 Å². The number of hydrogen-bond donors (Lipinski definition) is 3. The summed E-state index contributed by atoms with van der Waals surface area (Å²) in [7, 11) is 0. The van der Waals surface area contributed by atoms with E-state index >= 15 is 0 Å². The lowest BCUT2D eigenvalue weighted by molar-refractivity contribution is 0.0149. The Bertz CT molecular complexity index is 453. The quantitative estimate of drug-likeness (QED) is 0.728. The van der Waals surface area contributed by atoms with E-state index in [9.17, 15) is 19.4 Å². The molecule has 0 saturated carbocycles. The van der Waals surface area contributed by atoms with E-state index in [1.807, 2.05) is 0 Å². The van der Waals surface area contributed by atoms with Crippen molar-refractivity contribution in [3.05, 3.63) is 34.1 Å². The predicted octanol–water partition coefficient (Wildman–Crippen LogP) is 2.20. The van der Waals surface area contributed by atoms with Gasteiger partial charge in [-0.2, -0.15) is 0 Å². The van der Waals surface area contributed by atoms with Crippen molar-refractivity contribution in [2.75, 3.05) is 5.88 Å². The Morgan fingerprint density at radius 1 is 1.39 bits per heavy atom. The molecular weight excluding hydrogens is 286 g/mol. The monoisotopic (exact) mass is 296 g/mol. The van der Waals surface area contributed by atoms with Crippen molar-refractivity contribution in [2.45, 2.75) is 18.6 Å². The third-order valence-corrected chi connectivity index (χ3v) is 2.94. The fraction of sp³-hybridized carbons (Fsp3) is 0.364. The van der Waals surface area contributed by atoms with Gasteiger partial charge in [-0.3, -0.25) is 0 Å². The van der Waals surface area contributed by atoms with Crippen LogP contribution in [-0.4, -0.2) is 33.3 Å². The molecule has 0 fully saturated rings. The first-order chi connectivity index (χ1) is 8.38. The minimum absolute atomic E-state index is 0.0699. The largest absolute Gasteiger partial charge is 0.478 e. The summed E-state index contributed by atoms with van der Waals surface area (Å²) in [6.45, 7) is 0. The van der Waals surface area contributed by atoms with Crippen LogP contribution in [0.15, 0.2) is 12.1 Å². The van der Waals surface area contributed by atoms with Crippen LogP contribution in [0.25, 0.3) is 0 Å². The lowest BCUT2D eigenvalue weighted by Crippen LogP contribution is -2.20. The Morgan fingerprint density at radius 3 is 2.50 bits per heavy atom. The molecule has 1 aromatic carbocycles. The van der Waals surface area contributed by atoms with E-state index in [0.717, 1.165) is 6.07 Å². The minimum atomic E-state index is -1.51. The maximum atomic E-state index is 13.6. The molecule has 18 heavy (non-hydrogen) atoms. The van der Waals surface area contributed by atoms with Gasteiger partial charge >= 0.3 is 5.97 Å². The van der Waals surface area contributed by atoms with Crippen LogP contribution < -0.4 is 0 Å². The number of aliphatic hydroxyl groups is 2. The van der Waals surface area contributed by atoms with Crippen molar-refractivity contribution in [1.82, 2.24) is 0 Å². The molecule has 7 heteroatoms. The van der Waals surface area contributed by atoms with Crippen LogP contribution in [0.4, 0.5) is 4.39 Å². The van der Waals surface area contributed by atoms with Gasteiger partial charge in [0.05, 0.1) is 16.7 Å². The van der Waals surface area contributed by atoms with Crippen LogP contribution in [0, 0.1) is 5.82 Å². The molecule has 0 aliphatic carbocycles. The second-order valence-electron chi connectivity index (χ2n) is 3.65. The molecule has 100 valence electrons. The lowest BCUT2D eigenvalue weighted by Gasteiger charge is -2.18. The number of hydrogen-bond acceptors (Lipinski definition) is 3. The summed E-state index contributed by atoms with van der Waals surface area (Å²) in [5.41, 5.74) is -0.667. The maximum absolute atomic E-state index is 13.6. The molecule has 4 nitrogen and oxygen atoms in total. The first kappa shape index (κ1) is 15.2. The minimum Gasteiger partial charge on any atom is -0.478 e. The summed E-state index contributed by atoms with van der Waals surface area (Å²) in [5, 5.41) is 27.7. The van der Waals surface area contributed by atoms with Crippen molar-refractivity contribution in [3.8, 4) is 0 Å². The van der Waals surface area contributed by atoms with Crippen LogP contribution in [0.5, 0.6) is 0 Å². The average Bonchev–Trinajstić information content (AvgIpc) is 2.30. The zero-order valence-corrected chi connectivity index (χ0v) is 10.6. The Kier molecular flexibility index (Phi) is 5.34. The molecule has 0 aromatic heterocycles. The molecule has 0 aliphatic heterocycles. The number of alkyl halides is 1. The lowest BCUT2D eigenvalue weighted by atomic mass is 10.0. The maximum Gasteiger partial charge on any atom is 0.337 e. The number of rotatable bonds is 5. The van der Waals surface area contributed by atoms with Crippen LogP contribution in [-0.2, 0) is 0 Å². The molecule has 0 saturated heterocycles. The second kappa shape index (κ2) is 6.33. The SMILES string of the molecule is O=C(O)c1cc(F)c(C(O)C(O)CCCl)cc1Cl. The molecular formula is C11H11Cl2FO4. The molecule has 0 aliphatic rings. The number of carboxylic acids is 1. The zero-order valence-electron chi connectivity index (χ0n) is 9.11. The molecule has 0 spiro atoms. The van der Waals surface area contributed by atoms with Crippen molar-refractivity contribution in [2.24, 2.45) is 0 Å². The number of halogens is 3. The van der Waals surface area contributed by atoms with Crippen molar-refractivity contribution in [1.29, 1.82) is 0 Å². The topological polar surface area (TPSA) is 77.8 Å². The Labute approximate surface area is 113 Å². The molecule has 3 N–H and O–H groups in total. The van der Waals surface area contributed by atoms with Gasteiger partial charge in [0.15, 0.2) is 0 Å². The Hall–Kier alpha value is -0.880. The van der Waals surface area contributed by atoms with Crippen molar-refractivity contribution in [3.63, 3.8) is 0 Å². The predicted molar refractivity (Wildman–Crippen MR) is 64.7 cm³/mol. The molecule has 0 heterocycles. The average molecular weight is 297 g/mol. The second-order valence-corrected chi connectivity index (χ2v) is 4.43. The summed E-state index contributed by atoms with van der Waals surface area (Å²) in [6.07, 6.45) is -2.69. The molecule has 0 radical (unpaired) electrons. The molecule has 1 aromatic rings. The molecule has 2 unspecified atom stereocenters. The van der Waals surface area contributed by atoms with Gasteiger partial charge in [-0.25, -0.2) is 9.18 Å². The molecule has 0 bridgehead atoms. The number of carboxylic acid groups (broad SMARTS) is 1. The van der Waals surface area contributed by atoms with E-state index in [4.69, 9.17) is 28.3 Å². The smallest absolute Gasteiger partial charge is 0.337 e. The number of aliphatic hydroxyl groups excluding tert-OH is 2. The molecule has 0 amide bonds. The number of benzene rings is 1. The van der Waals surface area contributed by atoms with Gasteiger partial charge in [0.25, 0.3) is 0 Å². The Morgan fingerprint density at radius 2 is 2.00 bits per heavy atom. The highest BCUT2D eigenvalue weighted by atomic mass is 35.5. The molecule has 2 atom stereocenters. The highest BCUT2D eigenvalue weighted by Gasteiger charge is 2.23. The van der Waals surface area contributed by atoms with Crippen LogP contribution in [0.1, 0.15) is 28.4 Å².